The van der Waals surface area contributed by atoms with Crippen LogP contribution in [0.3, 0.4) is 0 Å². The van der Waals surface area contributed by atoms with Gasteiger partial charge in [-0.25, -0.2) is 4.98 Å². The third-order valence-corrected chi connectivity index (χ3v) is 3.64. The Morgan fingerprint density at radius 3 is 2.96 bits per heavy atom. The predicted octanol–water partition coefficient (Wildman–Crippen LogP) is 2.73. The number of aryl methyl sites for hydroxylation is 1. The van der Waals surface area contributed by atoms with Crippen LogP contribution in [0, 0.1) is 11.3 Å². The fraction of sp³-hybridized carbons (Fsp3) is 0.167. The quantitative estimate of drug-likeness (QED) is 0.737. The zero-order valence-electron chi connectivity index (χ0n) is 12.6. The summed E-state index contributed by atoms with van der Waals surface area (Å²) in [4.78, 5) is 16.4. The van der Waals surface area contributed by atoms with Crippen LogP contribution < -0.4 is 5.32 Å². The van der Waals surface area contributed by atoms with Crippen LogP contribution in [-0.4, -0.2) is 22.0 Å². The molecule has 0 unspecified atom stereocenters. The van der Waals surface area contributed by atoms with E-state index in [2.05, 4.69) is 14.9 Å². The highest BCUT2D eigenvalue weighted by molar-refractivity contribution is 5.94. The number of imidazole rings is 1. The minimum absolute atomic E-state index is 0.155. The molecule has 3 aromatic rings. The number of fused-ring (bicyclic) bond motifs is 1. The lowest BCUT2D eigenvalue weighted by Gasteiger charge is -2.07. The first-order valence-corrected chi connectivity index (χ1v) is 7.46. The van der Waals surface area contributed by atoms with Gasteiger partial charge < -0.3 is 9.88 Å². The van der Waals surface area contributed by atoms with E-state index in [4.69, 9.17) is 5.26 Å². The second-order valence-electron chi connectivity index (χ2n) is 5.23. The monoisotopic (exact) mass is 304 g/mol. The maximum atomic E-state index is 12.0. The molecule has 1 amide bonds. The molecule has 23 heavy (non-hydrogen) atoms. The Bertz CT molecular complexity index is 876. The van der Waals surface area contributed by atoms with Crippen LogP contribution >= 0.6 is 0 Å². The van der Waals surface area contributed by atoms with Crippen molar-refractivity contribution >= 4 is 16.9 Å². The van der Waals surface area contributed by atoms with Gasteiger partial charge in [0.05, 0.1) is 29.0 Å². The number of aromatic nitrogens is 2. The Morgan fingerprint density at radius 1 is 1.22 bits per heavy atom. The third kappa shape index (κ3) is 3.38. The molecule has 1 aromatic heterocycles. The SMILES string of the molecule is N#Cc1cccc(C(=O)NCCCn2cnc3ccccc32)c1. The molecule has 0 aliphatic heterocycles. The molecular weight excluding hydrogens is 288 g/mol. The van der Waals surface area contributed by atoms with E-state index in [0.29, 0.717) is 17.7 Å². The first-order valence-electron chi connectivity index (χ1n) is 7.46. The minimum atomic E-state index is -0.155. The van der Waals surface area contributed by atoms with Gasteiger partial charge in [-0.15, -0.1) is 0 Å². The highest BCUT2D eigenvalue weighted by Crippen LogP contribution is 2.12. The molecule has 0 atom stereocenters. The molecule has 0 aliphatic carbocycles. The Labute approximate surface area is 134 Å². The number of carbonyl (C=O) groups excluding carboxylic acids is 1. The van der Waals surface area contributed by atoms with Crippen molar-refractivity contribution in [2.75, 3.05) is 6.54 Å². The summed E-state index contributed by atoms with van der Waals surface area (Å²) >= 11 is 0. The number of carbonyl (C=O) groups is 1. The van der Waals surface area contributed by atoms with Crippen LogP contribution in [0.25, 0.3) is 11.0 Å². The van der Waals surface area contributed by atoms with Crippen molar-refractivity contribution in [3.8, 4) is 6.07 Å². The number of benzene rings is 2. The first kappa shape index (κ1) is 14.8. The number of nitrogens with zero attached hydrogens (tertiary/aromatic N) is 3. The topological polar surface area (TPSA) is 70.7 Å². The van der Waals surface area contributed by atoms with Gasteiger partial charge in [0.1, 0.15) is 0 Å². The van der Waals surface area contributed by atoms with E-state index in [1.54, 1.807) is 24.3 Å². The molecule has 0 spiro atoms. The molecule has 0 radical (unpaired) electrons. The van der Waals surface area contributed by atoms with Gasteiger partial charge in [-0.3, -0.25) is 4.79 Å². The molecule has 1 N–H and O–H groups in total. The van der Waals surface area contributed by atoms with Crippen LogP contribution in [0.5, 0.6) is 0 Å². The number of rotatable bonds is 5. The van der Waals surface area contributed by atoms with Crippen molar-refractivity contribution < 1.29 is 4.79 Å². The molecule has 0 saturated heterocycles. The van der Waals surface area contributed by atoms with Crippen LogP contribution in [0.15, 0.2) is 54.9 Å². The number of amides is 1. The summed E-state index contributed by atoms with van der Waals surface area (Å²) in [6.45, 7) is 1.36. The largest absolute Gasteiger partial charge is 0.352 e. The van der Waals surface area contributed by atoms with Crippen LogP contribution in [-0.2, 0) is 6.54 Å². The van der Waals surface area contributed by atoms with E-state index in [0.717, 1.165) is 24.0 Å². The van der Waals surface area contributed by atoms with Gasteiger partial charge in [-0.1, -0.05) is 18.2 Å². The molecule has 5 nitrogen and oxygen atoms in total. The molecule has 0 fully saturated rings. The molecule has 3 rings (SSSR count). The van der Waals surface area contributed by atoms with Crippen molar-refractivity contribution in [3.05, 3.63) is 66.0 Å². The number of hydrogen-bond donors (Lipinski definition) is 1. The van der Waals surface area contributed by atoms with E-state index in [9.17, 15) is 4.79 Å². The average Bonchev–Trinajstić information content (AvgIpc) is 3.02. The van der Waals surface area contributed by atoms with Crippen LogP contribution in [0.1, 0.15) is 22.3 Å². The Balaban J connectivity index is 1.53. The zero-order valence-corrected chi connectivity index (χ0v) is 12.6. The molecule has 1 heterocycles. The summed E-state index contributed by atoms with van der Waals surface area (Å²) in [5.74, 6) is -0.155. The van der Waals surface area contributed by atoms with Gasteiger partial charge in [-0.2, -0.15) is 5.26 Å². The Hall–Kier alpha value is -3.13. The second-order valence-corrected chi connectivity index (χ2v) is 5.23. The van der Waals surface area contributed by atoms with Gasteiger partial charge in [0.25, 0.3) is 5.91 Å². The van der Waals surface area contributed by atoms with E-state index >= 15 is 0 Å². The summed E-state index contributed by atoms with van der Waals surface area (Å²) < 4.78 is 2.08. The summed E-state index contributed by atoms with van der Waals surface area (Å²) in [7, 11) is 0. The van der Waals surface area contributed by atoms with Crippen molar-refractivity contribution in [1.82, 2.24) is 14.9 Å². The van der Waals surface area contributed by atoms with Gasteiger partial charge in [0.2, 0.25) is 0 Å². The van der Waals surface area contributed by atoms with Crippen molar-refractivity contribution in [1.29, 1.82) is 5.26 Å². The van der Waals surface area contributed by atoms with E-state index in [1.165, 1.54) is 0 Å². The zero-order chi connectivity index (χ0) is 16.1. The van der Waals surface area contributed by atoms with Gasteiger partial charge >= 0.3 is 0 Å². The van der Waals surface area contributed by atoms with Gasteiger partial charge in [0.15, 0.2) is 0 Å². The smallest absolute Gasteiger partial charge is 0.251 e. The van der Waals surface area contributed by atoms with Crippen LogP contribution in [0.4, 0.5) is 0 Å². The molecule has 0 saturated carbocycles. The fourth-order valence-corrected chi connectivity index (χ4v) is 2.47. The first-order chi connectivity index (χ1) is 11.3. The van der Waals surface area contributed by atoms with Gasteiger partial charge in [0, 0.05) is 18.7 Å². The Kier molecular flexibility index (Phi) is 4.34. The predicted molar refractivity (Wildman–Crippen MR) is 87.8 cm³/mol. The number of hydrogen-bond acceptors (Lipinski definition) is 3. The lowest BCUT2D eigenvalue weighted by Crippen LogP contribution is -2.25. The van der Waals surface area contributed by atoms with E-state index in [1.807, 2.05) is 36.7 Å². The molecule has 0 bridgehead atoms. The number of nitrogens with one attached hydrogen (secondary N) is 1. The third-order valence-electron chi connectivity index (χ3n) is 3.64. The summed E-state index contributed by atoms with van der Waals surface area (Å²) in [5, 5.41) is 11.7. The highest BCUT2D eigenvalue weighted by Gasteiger charge is 2.06. The van der Waals surface area contributed by atoms with E-state index < -0.39 is 0 Å². The summed E-state index contributed by atoms with van der Waals surface area (Å²) in [6.07, 6.45) is 2.63. The lowest BCUT2D eigenvalue weighted by atomic mass is 10.1. The van der Waals surface area contributed by atoms with Crippen molar-refractivity contribution in [3.63, 3.8) is 0 Å². The van der Waals surface area contributed by atoms with Gasteiger partial charge in [-0.05, 0) is 36.8 Å². The lowest BCUT2D eigenvalue weighted by molar-refractivity contribution is 0.0952. The molecular formula is C18H16N4O. The molecule has 5 heteroatoms. The number of nitriles is 1. The second kappa shape index (κ2) is 6.75. The number of para-hydroxylation sites is 2. The average molecular weight is 304 g/mol. The van der Waals surface area contributed by atoms with E-state index in [-0.39, 0.29) is 5.91 Å². The van der Waals surface area contributed by atoms with Crippen LogP contribution in [0.2, 0.25) is 0 Å². The molecule has 0 aliphatic rings. The Morgan fingerprint density at radius 2 is 2.09 bits per heavy atom. The minimum Gasteiger partial charge on any atom is -0.352 e. The van der Waals surface area contributed by atoms with Crippen molar-refractivity contribution in [2.45, 2.75) is 13.0 Å². The summed E-state index contributed by atoms with van der Waals surface area (Å²) in [5.41, 5.74) is 3.07. The van der Waals surface area contributed by atoms with Crippen molar-refractivity contribution in [2.24, 2.45) is 0 Å². The normalized spacial score (nSPS) is 10.4. The standard InChI is InChI=1S/C18H16N4O/c19-12-14-5-3-6-15(11-14)18(23)20-9-4-10-22-13-21-16-7-1-2-8-17(16)22/h1-3,5-8,11,13H,4,9-10H2,(H,20,23). The molecule has 2 aromatic carbocycles. The molecule has 114 valence electrons. The highest BCUT2D eigenvalue weighted by atomic mass is 16.1. The fourth-order valence-electron chi connectivity index (χ4n) is 2.47. The summed E-state index contributed by atoms with van der Waals surface area (Å²) in [6, 6.07) is 16.7. The maximum absolute atomic E-state index is 12.0. The maximum Gasteiger partial charge on any atom is 0.251 e.